The van der Waals surface area contributed by atoms with Crippen molar-refractivity contribution >= 4 is 33.4 Å². The number of hydrogen-bond acceptors (Lipinski definition) is 3. The van der Waals surface area contributed by atoms with Crippen molar-refractivity contribution in [2.75, 3.05) is 6.54 Å². The van der Waals surface area contributed by atoms with Gasteiger partial charge < -0.3 is 10.0 Å². The van der Waals surface area contributed by atoms with Gasteiger partial charge in [0.05, 0.1) is 11.6 Å². The molecule has 1 saturated heterocycles. The summed E-state index contributed by atoms with van der Waals surface area (Å²) in [5, 5.41) is 10.9. The number of likely N-dealkylation sites (tertiary alicyclic amines) is 1. The molecule has 3 rings (SSSR count). The Kier molecular flexibility index (Phi) is 5.80. The molecule has 1 heterocycles. The van der Waals surface area contributed by atoms with Crippen LogP contribution in [0.5, 0.6) is 0 Å². The van der Waals surface area contributed by atoms with Crippen LogP contribution in [0.4, 0.5) is 0 Å². The van der Waals surface area contributed by atoms with Gasteiger partial charge in [-0.1, -0.05) is 71.2 Å². The molecule has 0 spiro atoms. The van der Waals surface area contributed by atoms with E-state index in [4.69, 9.17) is 0 Å². The van der Waals surface area contributed by atoms with Crippen molar-refractivity contribution in [1.29, 1.82) is 0 Å². The van der Waals surface area contributed by atoms with Crippen molar-refractivity contribution in [1.82, 2.24) is 4.90 Å². The van der Waals surface area contributed by atoms with Gasteiger partial charge in [0, 0.05) is 16.6 Å². The predicted molar refractivity (Wildman–Crippen MR) is 109 cm³/mol. The molecular formula is C22H22BrNO3. The minimum Gasteiger partial charge on any atom is -0.507 e. The lowest BCUT2D eigenvalue weighted by Crippen LogP contribution is -2.30. The molecule has 1 N–H and O–H groups in total. The summed E-state index contributed by atoms with van der Waals surface area (Å²) < 4.78 is 0.912. The first kappa shape index (κ1) is 19.4. The molecule has 0 aromatic heterocycles. The lowest BCUT2D eigenvalue weighted by molar-refractivity contribution is -0.139. The Morgan fingerprint density at radius 2 is 1.70 bits per heavy atom. The molecule has 2 aromatic carbocycles. The van der Waals surface area contributed by atoms with Crippen molar-refractivity contribution in [2.24, 2.45) is 0 Å². The Hall–Kier alpha value is -2.40. The second-order valence-corrected chi connectivity index (χ2v) is 7.68. The largest absolute Gasteiger partial charge is 0.507 e. The number of aliphatic hydroxyl groups excluding tert-OH is 1. The Bertz CT molecular complexity index is 885. The summed E-state index contributed by atoms with van der Waals surface area (Å²) in [5.41, 5.74) is 2.56. The molecule has 1 aliphatic rings. The van der Waals surface area contributed by atoms with E-state index in [0.29, 0.717) is 12.1 Å². The highest BCUT2D eigenvalue weighted by Crippen LogP contribution is 2.39. The third kappa shape index (κ3) is 3.83. The van der Waals surface area contributed by atoms with Gasteiger partial charge in [-0.15, -0.1) is 0 Å². The number of halogens is 1. The SMILES string of the molecule is CCCCN1C(=O)C(=O)C(=C(O)c2ccc(C)cc2)[C@H]1c1ccc(Br)cc1. The number of hydrogen-bond donors (Lipinski definition) is 1. The number of Topliss-reactive ketones (excluding diaryl/α,β-unsaturated/α-hetero) is 1. The van der Waals surface area contributed by atoms with Crippen LogP contribution >= 0.6 is 15.9 Å². The molecule has 5 heteroatoms. The summed E-state index contributed by atoms with van der Waals surface area (Å²) in [5.74, 6) is -1.30. The Balaban J connectivity index is 2.14. The number of benzene rings is 2. The first-order valence-electron chi connectivity index (χ1n) is 9.05. The monoisotopic (exact) mass is 427 g/mol. The van der Waals surface area contributed by atoms with Crippen LogP contribution in [0.25, 0.3) is 5.76 Å². The number of aryl methyl sites for hydroxylation is 1. The number of carbonyl (C=O) groups excluding carboxylic acids is 2. The van der Waals surface area contributed by atoms with Crippen molar-refractivity contribution in [3.8, 4) is 0 Å². The lowest BCUT2D eigenvalue weighted by Gasteiger charge is -2.25. The van der Waals surface area contributed by atoms with Gasteiger partial charge in [0.1, 0.15) is 5.76 Å². The second kappa shape index (κ2) is 8.09. The quantitative estimate of drug-likeness (QED) is 0.415. The van der Waals surface area contributed by atoms with E-state index in [1.165, 1.54) is 0 Å². The van der Waals surface area contributed by atoms with Crippen LogP contribution in [0.2, 0.25) is 0 Å². The minimum absolute atomic E-state index is 0.125. The Morgan fingerprint density at radius 1 is 1.07 bits per heavy atom. The average Bonchev–Trinajstić information content (AvgIpc) is 2.91. The second-order valence-electron chi connectivity index (χ2n) is 6.76. The molecule has 0 aliphatic carbocycles. The zero-order chi connectivity index (χ0) is 19.6. The molecule has 1 amide bonds. The van der Waals surface area contributed by atoms with Gasteiger partial charge in [0.2, 0.25) is 0 Å². The van der Waals surface area contributed by atoms with Crippen LogP contribution in [-0.2, 0) is 9.59 Å². The van der Waals surface area contributed by atoms with Crippen molar-refractivity contribution in [2.45, 2.75) is 32.7 Å². The fourth-order valence-corrected chi connectivity index (χ4v) is 3.56. The third-order valence-corrected chi connectivity index (χ3v) is 5.33. The van der Waals surface area contributed by atoms with Gasteiger partial charge in [0.25, 0.3) is 11.7 Å². The lowest BCUT2D eigenvalue weighted by atomic mass is 9.95. The minimum atomic E-state index is -0.628. The molecule has 4 nitrogen and oxygen atoms in total. The van der Waals surface area contributed by atoms with E-state index in [1.807, 2.05) is 50.2 Å². The standard InChI is InChI=1S/C22H22BrNO3/c1-3-4-13-24-19(15-9-11-17(23)12-10-15)18(21(26)22(24)27)20(25)16-7-5-14(2)6-8-16/h5-12,19,25H,3-4,13H2,1-2H3/t19-/m1/s1. The zero-order valence-electron chi connectivity index (χ0n) is 15.4. The molecule has 1 atom stereocenters. The highest BCUT2D eigenvalue weighted by atomic mass is 79.9. The van der Waals surface area contributed by atoms with E-state index in [2.05, 4.69) is 15.9 Å². The number of unbranched alkanes of at least 4 members (excludes halogenated alkanes) is 1. The Labute approximate surface area is 167 Å². The number of aliphatic hydroxyl groups is 1. The normalized spacial score (nSPS) is 18.9. The molecule has 1 fully saturated rings. The number of rotatable bonds is 5. The van der Waals surface area contributed by atoms with Crippen LogP contribution in [0, 0.1) is 6.92 Å². The molecular weight excluding hydrogens is 406 g/mol. The van der Waals surface area contributed by atoms with Crippen LogP contribution < -0.4 is 0 Å². The maximum atomic E-state index is 12.8. The number of carbonyl (C=O) groups is 2. The van der Waals surface area contributed by atoms with Gasteiger partial charge in [0.15, 0.2) is 0 Å². The first-order chi connectivity index (χ1) is 12.9. The smallest absolute Gasteiger partial charge is 0.295 e. The van der Waals surface area contributed by atoms with E-state index in [9.17, 15) is 14.7 Å². The van der Waals surface area contributed by atoms with Crippen LogP contribution in [0.1, 0.15) is 42.5 Å². The summed E-state index contributed by atoms with van der Waals surface area (Å²) in [6.07, 6.45) is 1.71. The molecule has 0 saturated carbocycles. The molecule has 2 aromatic rings. The summed E-state index contributed by atoms with van der Waals surface area (Å²) >= 11 is 3.41. The molecule has 0 radical (unpaired) electrons. The number of amides is 1. The predicted octanol–water partition coefficient (Wildman–Crippen LogP) is 4.98. The van der Waals surface area contributed by atoms with Gasteiger partial charge in [-0.3, -0.25) is 9.59 Å². The molecule has 0 unspecified atom stereocenters. The van der Waals surface area contributed by atoms with E-state index in [0.717, 1.165) is 28.4 Å². The first-order valence-corrected chi connectivity index (χ1v) is 9.84. The molecule has 27 heavy (non-hydrogen) atoms. The van der Waals surface area contributed by atoms with Gasteiger partial charge in [-0.25, -0.2) is 0 Å². The molecule has 1 aliphatic heterocycles. The fourth-order valence-electron chi connectivity index (χ4n) is 3.30. The van der Waals surface area contributed by atoms with E-state index in [-0.39, 0.29) is 11.3 Å². The average molecular weight is 428 g/mol. The van der Waals surface area contributed by atoms with Crippen molar-refractivity contribution in [3.05, 3.63) is 75.3 Å². The zero-order valence-corrected chi connectivity index (χ0v) is 17.0. The summed E-state index contributed by atoms with van der Waals surface area (Å²) in [4.78, 5) is 27.1. The van der Waals surface area contributed by atoms with Gasteiger partial charge in [-0.05, 0) is 31.0 Å². The van der Waals surface area contributed by atoms with Crippen molar-refractivity contribution in [3.63, 3.8) is 0 Å². The third-order valence-electron chi connectivity index (χ3n) is 4.80. The molecule has 0 bridgehead atoms. The van der Waals surface area contributed by atoms with Crippen LogP contribution in [0.15, 0.2) is 58.6 Å². The van der Waals surface area contributed by atoms with E-state index < -0.39 is 17.7 Å². The van der Waals surface area contributed by atoms with E-state index >= 15 is 0 Å². The Morgan fingerprint density at radius 3 is 2.30 bits per heavy atom. The van der Waals surface area contributed by atoms with Crippen molar-refractivity contribution < 1.29 is 14.7 Å². The highest BCUT2D eigenvalue weighted by molar-refractivity contribution is 9.10. The fraction of sp³-hybridized carbons (Fsp3) is 0.273. The maximum Gasteiger partial charge on any atom is 0.295 e. The topological polar surface area (TPSA) is 57.6 Å². The number of nitrogens with zero attached hydrogens (tertiary/aromatic N) is 1. The summed E-state index contributed by atoms with van der Waals surface area (Å²) in [7, 11) is 0. The summed E-state index contributed by atoms with van der Waals surface area (Å²) in [6.45, 7) is 4.47. The van der Waals surface area contributed by atoms with Crippen LogP contribution in [0.3, 0.4) is 0 Å². The van der Waals surface area contributed by atoms with Gasteiger partial charge in [-0.2, -0.15) is 0 Å². The summed E-state index contributed by atoms with van der Waals surface area (Å²) in [6, 6.07) is 14.2. The highest BCUT2D eigenvalue weighted by Gasteiger charge is 2.45. The van der Waals surface area contributed by atoms with Crippen LogP contribution in [-0.4, -0.2) is 28.2 Å². The maximum absolute atomic E-state index is 12.8. The number of ketones is 1. The van der Waals surface area contributed by atoms with Gasteiger partial charge >= 0.3 is 0 Å². The van der Waals surface area contributed by atoms with E-state index in [1.54, 1.807) is 17.0 Å². The molecule has 140 valence electrons.